The predicted octanol–water partition coefficient (Wildman–Crippen LogP) is -1.07. The molecule has 0 N–H and O–H groups in total. The van der Waals surface area contributed by atoms with E-state index in [1.54, 1.807) is 9.80 Å². The highest BCUT2D eigenvalue weighted by Gasteiger charge is 2.22. The Bertz CT molecular complexity index is 532. The van der Waals surface area contributed by atoms with Gasteiger partial charge >= 0.3 is 0 Å². The molecule has 7 nitrogen and oxygen atoms in total. The van der Waals surface area contributed by atoms with Gasteiger partial charge in [0, 0.05) is 45.4 Å². The molecule has 1 aromatic heterocycles. The number of carbonyl (C=O) groups is 2. The SMILES string of the molecule is CC(=O)N1CCN(C(=O)Cn2cnccc2=O)CC1. The van der Waals surface area contributed by atoms with Gasteiger partial charge in [-0.1, -0.05) is 0 Å². The Labute approximate surface area is 110 Å². The minimum atomic E-state index is -0.245. The van der Waals surface area contributed by atoms with Crippen LogP contribution in [0.1, 0.15) is 6.92 Å². The van der Waals surface area contributed by atoms with Gasteiger partial charge in [-0.3, -0.25) is 19.0 Å². The summed E-state index contributed by atoms with van der Waals surface area (Å²) in [7, 11) is 0. The van der Waals surface area contributed by atoms with Crippen molar-refractivity contribution in [2.24, 2.45) is 0 Å². The van der Waals surface area contributed by atoms with Crippen molar-refractivity contribution in [3.05, 3.63) is 28.9 Å². The Morgan fingerprint density at radius 1 is 1.21 bits per heavy atom. The minimum absolute atomic E-state index is 0.00720. The van der Waals surface area contributed by atoms with Crippen LogP contribution in [0.3, 0.4) is 0 Å². The monoisotopic (exact) mass is 264 g/mol. The summed E-state index contributed by atoms with van der Waals surface area (Å²) >= 11 is 0. The Balaban J connectivity index is 1.94. The van der Waals surface area contributed by atoms with E-state index in [-0.39, 0.29) is 23.9 Å². The molecule has 1 fully saturated rings. The first-order chi connectivity index (χ1) is 9.08. The topological polar surface area (TPSA) is 75.5 Å². The molecule has 1 aliphatic heterocycles. The van der Waals surface area contributed by atoms with Gasteiger partial charge < -0.3 is 9.80 Å². The molecule has 1 saturated heterocycles. The van der Waals surface area contributed by atoms with Crippen molar-refractivity contribution in [3.63, 3.8) is 0 Å². The van der Waals surface area contributed by atoms with Gasteiger partial charge in [0.15, 0.2) is 0 Å². The normalized spacial score (nSPS) is 15.4. The molecule has 0 saturated carbocycles. The molecular weight excluding hydrogens is 248 g/mol. The molecule has 2 amide bonds. The number of carbonyl (C=O) groups excluding carboxylic acids is 2. The average molecular weight is 264 g/mol. The molecule has 1 aromatic rings. The molecule has 2 heterocycles. The molecule has 2 rings (SSSR count). The van der Waals surface area contributed by atoms with Crippen LogP contribution in [0.4, 0.5) is 0 Å². The number of nitrogens with zero attached hydrogens (tertiary/aromatic N) is 4. The van der Waals surface area contributed by atoms with Gasteiger partial charge in [0.1, 0.15) is 6.54 Å². The lowest BCUT2D eigenvalue weighted by Crippen LogP contribution is -2.51. The molecule has 1 aliphatic rings. The number of hydrogen-bond acceptors (Lipinski definition) is 4. The van der Waals surface area contributed by atoms with Crippen LogP contribution in [0, 0.1) is 0 Å². The second-order valence-corrected chi connectivity index (χ2v) is 4.43. The van der Waals surface area contributed by atoms with E-state index in [4.69, 9.17) is 0 Å². The minimum Gasteiger partial charge on any atom is -0.339 e. The van der Waals surface area contributed by atoms with E-state index in [0.29, 0.717) is 26.2 Å². The maximum atomic E-state index is 12.0. The number of piperazine rings is 1. The second-order valence-electron chi connectivity index (χ2n) is 4.43. The second kappa shape index (κ2) is 5.64. The van der Waals surface area contributed by atoms with Crippen molar-refractivity contribution < 1.29 is 9.59 Å². The van der Waals surface area contributed by atoms with Gasteiger partial charge in [-0.15, -0.1) is 0 Å². The Kier molecular flexibility index (Phi) is 3.94. The first-order valence-electron chi connectivity index (χ1n) is 6.11. The largest absolute Gasteiger partial charge is 0.339 e. The summed E-state index contributed by atoms with van der Waals surface area (Å²) in [4.78, 5) is 41.9. The van der Waals surface area contributed by atoms with E-state index in [0.717, 1.165) is 0 Å². The molecule has 7 heteroatoms. The average Bonchev–Trinajstić information content (AvgIpc) is 2.41. The van der Waals surface area contributed by atoms with E-state index in [2.05, 4.69) is 4.98 Å². The molecule has 102 valence electrons. The molecule has 19 heavy (non-hydrogen) atoms. The maximum absolute atomic E-state index is 12.0. The molecule has 0 aromatic carbocycles. The third-order valence-electron chi connectivity index (χ3n) is 3.18. The van der Waals surface area contributed by atoms with Crippen molar-refractivity contribution >= 4 is 11.8 Å². The van der Waals surface area contributed by atoms with Crippen molar-refractivity contribution in [2.45, 2.75) is 13.5 Å². The van der Waals surface area contributed by atoms with Gasteiger partial charge in [0.25, 0.3) is 5.56 Å². The quantitative estimate of drug-likeness (QED) is 0.682. The molecule has 0 atom stereocenters. The lowest BCUT2D eigenvalue weighted by Gasteiger charge is -2.34. The number of rotatable bonds is 2. The van der Waals surface area contributed by atoms with Crippen LogP contribution in [0.2, 0.25) is 0 Å². The summed E-state index contributed by atoms with van der Waals surface area (Å²) in [5.74, 6) is -0.103. The summed E-state index contributed by atoms with van der Waals surface area (Å²) in [5, 5.41) is 0. The van der Waals surface area contributed by atoms with Gasteiger partial charge in [0.2, 0.25) is 11.8 Å². The van der Waals surface area contributed by atoms with Crippen molar-refractivity contribution in [1.82, 2.24) is 19.4 Å². The summed E-state index contributed by atoms with van der Waals surface area (Å²) in [6.45, 7) is 3.62. The van der Waals surface area contributed by atoms with Crippen LogP contribution < -0.4 is 5.56 Å². The Hall–Kier alpha value is -2.18. The highest BCUT2D eigenvalue weighted by Crippen LogP contribution is 2.03. The van der Waals surface area contributed by atoms with E-state index in [1.165, 1.54) is 30.1 Å². The fourth-order valence-corrected chi connectivity index (χ4v) is 2.01. The zero-order valence-electron chi connectivity index (χ0n) is 10.8. The van der Waals surface area contributed by atoms with E-state index in [1.807, 2.05) is 0 Å². The smallest absolute Gasteiger partial charge is 0.253 e. The number of aromatic nitrogens is 2. The molecule has 0 spiro atoms. The van der Waals surface area contributed by atoms with Crippen LogP contribution in [-0.2, 0) is 16.1 Å². The zero-order chi connectivity index (χ0) is 13.8. The van der Waals surface area contributed by atoms with Crippen LogP contribution >= 0.6 is 0 Å². The first kappa shape index (κ1) is 13.3. The lowest BCUT2D eigenvalue weighted by molar-refractivity contribution is -0.138. The summed E-state index contributed by atoms with van der Waals surface area (Å²) < 4.78 is 1.28. The standard InChI is InChI=1S/C12H16N4O3/c1-10(17)14-4-6-15(7-5-14)12(19)8-16-9-13-3-2-11(16)18/h2-3,9H,4-8H2,1H3. The van der Waals surface area contributed by atoms with Crippen molar-refractivity contribution in [3.8, 4) is 0 Å². The summed E-state index contributed by atoms with van der Waals surface area (Å²) in [6.07, 6.45) is 2.75. The Morgan fingerprint density at radius 3 is 2.42 bits per heavy atom. The van der Waals surface area contributed by atoms with Crippen LogP contribution in [0.25, 0.3) is 0 Å². The third-order valence-corrected chi connectivity index (χ3v) is 3.18. The van der Waals surface area contributed by atoms with Crippen LogP contribution in [0.15, 0.2) is 23.4 Å². The maximum Gasteiger partial charge on any atom is 0.253 e. The zero-order valence-corrected chi connectivity index (χ0v) is 10.8. The van der Waals surface area contributed by atoms with Crippen LogP contribution in [-0.4, -0.2) is 57.3 Å². The highest BCUT2D eigenvalue weighted by atomic mass is 16.2. The van der Waals surface area contributed by atoms with E-state index in [9.17, 15) is 14.4 Å². The van der Waals surface area contributed by atoms with Crippen LogP contribution in [0.5, 0.6) is 0 Å². The fraction of sp³-hybridized carbons (Fsp3) is 0.500. The highest BCUT2D eigenvalue weighted by molar-refractivity contribution is 5.77. The van der Waals surface area contributed by atoms with Gasteiger partial charge in [0.05, 0.1) is 6.33 Å². The molecular formula is C12H16N4O3. The summed E-state index contributed by atoms with van der Waals surface area (Å²) in [6, 6.07) is 1.32. The number of amides is 2. The molecule has 0 bridgehead atoms. The van der Waals surface area contributed by atoms with Gasteiger partial charge in [-0.25, -0.2) is 4.98 Å². The fourth-order valence-electron chi connectivity index (χ4n) is 2.01. The Morgan fingerprint density at radius 2 is 1.84 bits per heavy atom. The van der Waals surface area contributed by atoms with Gasteiger partial charge in [-0.2, -0.15) is 0 Å². The van der Waals surface area contributed by atoms with Gasteiger partial charge in [-0.05, 0) is 0 Å². The lowest BCUT2D eigenvalue weighted by atomic mass is 10.3. The van der Waals surface area contributed by atoms with Crippen molar-refractivity contribution in [1.29, 1.82) is 0 Å². The molecule has 0 radical (unpaired) electrons. The summed E-state index contributed by atoms with van der Waals surface area (Å²) in [5.41, 5.74) is -0.245. The van der Waals surface area contributed by atoms with Crippen molar-refractivity contribution in [2.75, 3.05) is 26.2 Å². The van der Waals surface area contributed by atoms with E-state index >= 15 is 0 Å². The first-order valence-corrected chi connectivity index (χ1v) is 6.11. The number of hydrogen-bond donors (Lipinski definition) is 0. The molecule has 0 unspecified atom stereocenters. The third kappa shape index (κ3) is 3.18. The van der Waals surface area contributed by atoms with E-state index < -0.39 is 0 Å². The predicted molar refractivity (Wildman–Crippen MR) is 67.3 cm³/mol. The molecule has 0 aliphatic carbocycles.